The molecule has 5 rings (SSSR count). The van der Waals surface area contributed by atoms with Crippen molar-refractivity contribution in [2.45, 2.75) is 30.6 Å². The normalized spacial score (nSPS) is 16.9. The summed E-state index contributed by atoms with van der Waals surface area (Å²) in [5.41, 5.74) is 1.99. The lowest BCUT2D eigenvalue weighted by atomic mass is 10.2. The molecule has 2 aliphatic rings. The lowest BCUT2D eigenvalue weighted by Crippen LogP contribution is -2.25. The molecular formula is C25H27N5O3S. The van der Waals surface area contributed by atoms with E-state index in [4.69, 9.17) is 9.47 Å². The molecule has 1 atom stereocenters. The smallest absolute Gasteiger partial charge is 0.234 e. The molecule has 0 aliphatic carbocycles. The first-order chi connectivity index (χ1) is 16.7. The van der Waals surface area contributed by atoms with Gasteiger partial charge in [-0.15, -0.1) is 16.8 Å². The molecule has 176 valence electrons. The Labute approximate surface area is 203 Å². The van der Waals surface area contributed by atoms with Gasteiger partial charge in [0, 0.05) is 31.0 Å². The molecule has 2 aromatic carbocycles. The number of anilines is 2. The fourth-order valence-electron chi connectivity index (χ4n) is 4.15. The van der Waals surface area contributed by atoms with Crippen LogP contribution in [-0.2, 0) is 11.3 Å². The number of hydrogen-bond donors (Lipinski definition) is 1. The Morgan fingerprint density at radius 1 is 1.12 bits per heavy atom. The fourth-order valence-corrected chi connectivity index (χ4v) is 4.91. The molecule has 9 heteroatoms. The van der Waals surface area contributed by atoms with Crippen molar-refractivity contribution in [1.29, 1.82) is 0 Å². The van der Waals surface area contributed by atoms with Gasteiger partial charge in [-0.3, -0.25) is 9.36 Å². The van der Waals surface area contributed by atoms with Gasteiger partial charge in [0.15, 0.2) is 28.6 Å². The number of benzene rings is 2. The second kappa shape index (κ2) is 10.2. The van der Waals surface area contributed by atoms with E-state index in [1.807, 2.05) is 41.0 Å². The summed E-state index contributed by atoms with van der Waals surface area (Å²) in [7, 11) is 0. The van der Waals surface area contributed by atoms with Crippen molar-refractivity contribution in [2.24, 2.45) is 0 Å². The lowest BCUT2D eigenvalue weighted by molar-refractivity contribution is -0.113. The molecule has 0 spiro atoms. The van der Waals surface area contributed by atoms with E-state index in [0.717, 1.165) is 18.8 Å². The summed E-state index contributed by atoms with van der Waals surface area (Å²) >= 11 is 1.33. The first-order valence-electron chi connectivity index (χ1n) is 11.4. The first kappa shape index (κ1) is 22.3. The number of carbonyl (C=O) groups is 1. The molecule has 0 bridgehead atoms. The van der Waals surface area contributed by atoms with Gasteiger partial charge in [0.05, 0.1) is 5.75 Å². The number of fused-ring (bicyclic) bond motifs is 1. The molecule has 1 amide bonds. The molecule has 1 unspecified atom stereocenters. The van der Waals surface area contributed by atoms with E-state index >= 15 is 0 Å². The second-order valence-electron chi connectivity index (χ2n) is 8.18. The van der Waals surface area contributed by atoms with E-state index in [2.05, 4.69) is 39.1 Å². The van der Waals surface area contributed by atoms with Gasteiger partial charge in [-0.05, 0) is 49.2 Å². The Kier molecular flexibility index (Phi) is 6.71. The van der Waals surface area contributed by atoms with Gasteiger partial charge >= 0.3 is 0 Å². The van der Waals surface area contributed by atoms with Crippen molar-refractivity contribution >= 4 is 29.0 Å². The van der Waals surface area contributed by atoms with Gasteiger partial charge in [-0.1, -0.05) is 30.0 Å². The van der Waals surface area contributed by atoms with E-state index in [1.165, 1.54) is 30.3 Å². The second-order valence-corrected chi connectivity index (χ2v) is 9.12. The third-order valence-corrected chi connectivity index (χ3v) is 6.78. The van der Waals surface area contributed by atoms with Crippen molar-refractivity contribution in [3.8, 4) is 11.5 Å². The van der Waals surface area contributed by atoms with Crippen LogP contribution in [0.4, 0.5) is 11.4 Å². The fraction of sp³-hybridized carbons (Fsp3) is 0.320. The van der Waals surface area contributed by atoms with Crippen LogP contribution in [0.25, 0.3) is 0 Å². The number of nitrogens with one attached hydrogen (secondary N) is 1. The SMILES string of the molecule is C=CCn1c(SCC(=O)Nc2ccc(N3CCCC3)cc2)nnc1C1COc2ccccc2O1. The number of hydrogen-bond acceptors (Lipinski definition) is 7. The molecule has 8 nitrogen and oxygen atoms in total. The van der Waals surface area contributed by atoms with Crippen LogP contribution in [-0.4, -0.2) is 46.1 Å². The minimum Gasteiger partial charge on any atom is -0.485 e. The van der Waals surface area contributed by atoms with Gasteiger partial charge in [0.2, 0.25) is 5.91 Å². The van der Waals surface area contributed by atoms with E-state index in [0.29, 0.717) is 35.6 Å². The van der Waals surface area contributed by atoms with Crippen molar-refractivity contribution in [3.05, 3.63) is 67.0 Å². The third kappa shape index (κ3) is 4.89. The number of ether oxygens (including phenoxy) is 2. The van der Waals surface area contributed by atoms with Crippen LogP contribution < -0.4 is 19.7 Å². The van der Waals surface area contributed by atoms with Gasteiger partial charge in [-0.2, -0.15) is 0 Å². The molecule has 0 radical (unpaired) electrons. The maximum absolute atomic E-state index is 12.6. The summed E-state index contributed by atoms with van der Waals surface area (Å²) in [6, 6.07) is 15.6. The largest absolute Gasteiger partial charge is 0.485 e. The molecule has 34 heavy (non-hydrogen) atoms. The average molecular weight is 478 g/mol. The van der Waals surface area contributed by atoms with Crippen LogP contribution in [0.2, 0.25) is 0 Å². The predicted molar refractivity (Wildman–Crippen MR) is 133 cm³/mol. The van der Waals surface area contributed by atoms with Crippen LogP contribution in [0.15, 0.2) is 66.3 Å². The van der Waals surface area contributed by atoms with Crippen molar-refractivity contribution in [2.75, 3.05) is 35.7 Å². The highest BCUT2D eigenvalue weighted by atomic mass is 32.2. The number of rotatable bonds is 8. The van der Waals surface area contributed by atoms with Crippen molar-refractivity contribution < 1.29 is 14.3 Å². The maximum Gasteiger partial charge on any atom is 0.234 e. The predicted octanol–water partition coefficient (Wildman–Crippen LogP) is 4.31. The van der Waals surface area contributed by atoms with Gasteiger partial charge in [0.1, 0.15) is 6.61 Å². The summed E-state index contributed by atoms with van der Waals surface area (Å²) in [5, 5.41) is 12.2. The topological polar surface area (TPSA) is 81.5 Å². The van der Waals surface area contributed by atoms with Gasteiger partial charge in [-0.25, -0.2) is 0 Å². The van der Waals surface area contributed by atoms with Crippen LogP contribution in [0, 0.1) is 0 Å². The Bertz CT molecular complexity index is 1160. The van der Waals surface area contributed by atoms with Crippen LogP contribution in [0.1, 0.15) is 24.8 Å². The minimum atomic E-state index is -0.389. The van der Waals surface area contributed by atoms with E-state index < -0.39 is 0 Å². The molecule has 1 saturated heterocycles. The molecule has 1 aromatic heterocycles. The van der Waals surface area contributed by atoms with Crippen LogP contribution in [0.5, 0.6) is 11.5 Å². The summed E-state index contributed by atoms with van der Waals surface area (Å²) in [6.07, 6.45) is 3.86. The zero-order valence-corrected chi connectivity index (χ0v) is 19.7. The molecule has 0 saturated carbocycles. The van der Waals surface area contributed by atoms with Gasteiger partial charge in [0.25, 0.3) is 0 Å². The number of carbonyl (C=O) groups excluding carboxylic acids is 1. The Morgan fingerprint density at radius 2 is 1.88 bits per heavy atom. The molecule has 1 fully saturated rings. The summed E-state index contributed by atoms with van der Waals surface area (Å²) < 4.78 is 13.8. The Hall–Kier alpha value is -3.46. The van der Waals surface area contributed by atoms with Crippen LogP contribution in [0.3, 0.4) is 0 Å². The van der Waals surface area contributed by atoms with Crippen molar-refractivity contribution in [3.63, 3.8) is 0 Å². The van der Waals surface area contributed by atoms with E-state index in [1.54, 1.807) is 6.08 Å². The summed E-state index contributed by atoms with van der Waals surface area (Å²) in [4.78, 5) is 14.9. The third-order valence-electron chi connectivity index (χ3n) is 5.81. The van der Waals surface area contributed by atoms with E-state index in [-0.39, 0.29) is 17.8 Å². The molecule has 2 aliphatic heterocycles. The Morgan fingerprint density at radius 3 is 2.65 bits per heavy atom. The molecular weight excluding hydrogens is 450 g/mol. The average Bonchev–Trinajstić information content (AvgIpc) is 3.54. The summed E-state index contributed by atoms with van der Waals surface area (Å²) in [5.74, 6) is 2.16. The molecule has 1 N–H and O–H groups in total. The number of amides is 1. The minimum absolute atomic E-state index is 0.0974. The highest BCUT2D eigenvalue weighted by Gasteiger charge is 2.28. The highest BCUT2D eigenvalue weighted by Crippen LogP contribution is 2.36. The standard InChI is InChI=1S/C25H27N5O3S/c1-2-13-30-24(22-16-32-20-7-3-4-8-21(20)33-22)27-28-25(30)34-17-23(31)26-18-9-11-19(12-10-18)29-14-5-6-15-29/h2-4,7-12,22H,1,5-6,13-17H2,(H,26,31). The number of nitrogens with zero attached hydrogens (tertiary/aromatic N) is 4. The van der Waals surface area contributed by atoms with Gasteiger partial charge < -0.3 is 19.7 Å². The number of allylic oxidation sites excluding steroid dienone is 1. The monoisotopic (exact) mass is 477 g/mol. The maximum atomic E-state index is 12.6. The molecule has 3 aromatic rings. The number of aromatic nitrogens is 3. The van der Waals surface area contributed by atoms with E-state index in [9.17, 15) is 4.79 Å². The summed E-state index contributed by atoms with van der Waals surface area (Å²) in [6.45, 7) is 6.88. The quantitative estimate of drug-likeness (QED) is 0.382. The van der Waals surface area contributed by atoms with Crippen molar-refractivity contribution in [1.82, 2.24) is 14.8 Å². The number of thioether (sulfide) groups is 1. The first-order valence-corrected chi connectivity index (χ1v) is 12.4. The zero-order chi connectivity index (χ0) is 23.3. The lowest BCUT2D eigenvalue weighted by Gasteiger charge is -2.26. The highest BCUT2D eigenvalue weighted by molar-refractivity contribution is 7.99. The van der Waals surface area contributed by atoms with Crippen LogP contribution >= 0.6 is 11.8 Å². The number of para-hydroxylation sites is 2. The zero-order valence-electron chi connectivity index (χ0n) is 18.9. The molecule has 3 heterocycles. The Balaban J connectivity index is 1.21.